The zero-order valence-corrected chi connectivity index (χ0v) is 14.3. The van der Waals surface area contributed by atoms with Gasteiger partial charge in [0.05, 0.1) is 18.9 Å². The number of anilines is 1. The number of rotatable bonds is 5. The molecule has 3 aromatic rings. The molecule has 0 aliphatic carbocycles. The second kappa shape index (κ2) is 7.88. The second-order valence-corrected chi connectivity index (χ2v) is 5.89. The number of hydrogen-bond donors (Lipinski definition) is 0. The highest BCUT2D eigenvalue weighted by Gasteiger charge is 2.17. The summed E-state index contributed by atoms with van der Waals surface area (Å²) in [5.74, 6) is 1.17. The Hall–Kier alpha value is -3.06. The predicted molar refractivity (Wildman–Crippen MR) is 96.9 cm³/mol. The molecule has 0 atom stereocenters. The van der Waals surface area contributed by atoms with E-state index >= 15 is 0 Å². The lowest BCUT2D eigenvalue weighted by Gasteiger charge is -2.27. The molecule has 1 aliphatic heterocycles. The first kappa shape index (κ1) is 16.4. The standard InChI is InChI=1S/C19H19N5O2/c1-2-4-15(5-3-1)13-26-18-10-17(16-11-20-14-21-12-16)22-19(23-18)24-6-8-25-9-7-24/h1-5,10-12,14H,6-9,13H2. The minimum absolute atomic E-state index is 0.450. The van der Waals surface area contributed by atoms with Crippen molar-refractivity contribution >= 4 is 5.95 Å². The largest absolute Gasteiger partial charge is 0.473 e. The van der Waals surface area contributed by atoms with Crippen molar-refractivity contribution in [2.75, 3.05) is 31.2 Å². The third kappa shape index (κ3) is 3.94. The van der Waals surface area contributed by atoms with Gasteiger partial charge in [-0.05, 0) is 5.56 Å². The van der Waals surface area contributed by atoms with Gasteiger partial charge in [-0.25, -0.2) is 15.0 Å². The molecule has 0 radical (unpaired) electrons. The van der Waals surface area contributed by atoms with Crippen molar-refractivity contribution < 1.29 is 9.47 Å². The van der Waals surface area contributed by atoms with Crippen LogP contribution in [0.5, 0.6) is 5.88 Å². The molecular weight excluding hydrogens is 330 g/mol. The maximum atomic E-state index is 5.94. The van der Waals surface area contributed by atoms with Crippen LogP contribution < -0.4 is 9.64 Å². The third-order valence-electron chi connectivity index (χ3n) is 4.07. The van der Waals surface area contributed by atoms with Gasteiger partial charge in [0.1, 0.15) is 12.9 Å². The normalized spacial score (nSPS) is 14.2. The first-order chi connectivity index (χ1) is 12.9. The van der Waals surface area contributed by atoms with Crippen molar-refractivity contribution in [2.24, 2.45) is 0 Å². The van der Waals surface area contributed by atoms with Crippen LogP contribution in [-0.4, -0.2) is 46.2 Å². The maximum absolute atomic E-state index is 5.94. The molecule has 2 aromatic heterocycles. The molecule has 3 heterocycles. The van der Waals surface area contributed by atoms with Crippen LogP contribution in [0.4, 0.5) is 5.95 Å². The Morgan fingerprint density at radius 2 is 1.77 bits per heavy atom. The number of nitrogens with zero attached hydrogens (tertiary/aromatic N) is 5. The fourth-order valence-corrected chi connectivity index (χ4v) is 2.70. The van der Waals surface area contributed by atoms with Crippen molar-refractivity contribution in [2.45, 2.75) is 6.61 Å². The summed E-state index contributed by atoms with van der Waals surface area (Å²) in [6, 6.07) is 11.8. The molecule has 0 unspecified atom stereocenters. The fraction of sp³-hybridized carbons (Fsp3) is 0.263. The van der Waals surface area contributed by atoms with Gasteiger partial charge in [-0.1, -0.05) is 30.3 Å². The van der Waals surface area contributed by atoms with Crippen LogP contribution in [0.25, 0.3) is 11.3 Å². The van der Waals surface area contributed by atoms with Gasteiger partial charge in [-0.3, -0.25) is 0 Å². The highest BCUT2D eigenvalue weighted by atomic mass is 16.5. The molecule has 1 fully saturated rings. The highest BCUT2D eigenvalue weighted by Crippen LogP contribution is 2.24. The number of aromatic nitrogens is 4. The van der Waals surface area contributed by atoms with Crippen LogP contribution >= 0.6 is 0 Å². The first-order valence-electron chi connectivity index (χ1n) is 8.52. The molecule has 1 saturated heterocycles. The highest BCUT2D eigenvalue weighted by molar-refractivity contribution is 5.59. The van der Waals surface area contributed by atoms with Crippen LogP contribution in [0.1, 0.15) is 5.56 Å². The molecule has 4 rings (SSSR count). The van der Waals surface area contributed by atoms with Gasteiger partial charge in [0.25, 0.3) is 0 Å². The van der Waals surface area contributed by atoms with Gasteiger partial charge < -0.3 is 14.4 Å². The summed E-state index contributed by atoms with van der Waals surface area (Å²) in [5, 5.41) is 0. The lowest BCUT2D eigenvalue weighted by molar-refractivity contribution is 0.122. The Labute approximate surface area is 151 Å². The van der Waals surface area contributed by atoms with Crippen LogP contribution in [0.3, 0.4) is 0 Å². The molecule has 132 valence electrons. The Morgan fingerprint density at radius 3 is 2.54 bits per heavy atom. The van der Waals surface area contributed by atoms with E-state index in [2.05, 4.69) is 24.8 Å². The van der Waals surface area contributed by atoms with E-state index < -0.39 is 0 Å². The van der Waals surface area contributed by atoms with E-state index in [9.17, 15) is 0 Å². The van der Waals surface area contributed by atoms with Gasteiger partial charge in [0.15, 0.2) is 0 Å². The lowest BCUT2D eigenvalue weighted by atomic mass is 10.2. The summed E-state index contributed by atoms with van der Waals surface area (Å²) >= 11 is 0. The van der Waals surface area contributed by atoms with Gasteiger partial charge in [0.2, 0.25) is 11.8 Å². The number of ether oxygens (including phenoxy) is 2. The summed E-state index contributed by atoms with van der Waals surface area (Å²) in [4.78, 5) is 19.5. The van der Waals surface area contributed by atoms with Gasteiger partial charge >= 0.3 is 0 Å². The number of morpholine rings is 1. The lowest BCUT2D eigenvalue weighted by Crippen LogP contribution is -2.37. The second-order valence-electron chi connectivity index (χ2n) is 5.89. The molecule has 1 aromatic carbocycles. The van der Waals surface area contributed by atoms with Crippen molar-refractivity contribution in [3.05, 3.63) is 60.7 Å². The zero-order valence-electron chi connectivity index (χ0n) is 14.3. The number of benzene rings is 1. The van der Waals surface area contributed by atoms with Crippen molar-refractivity contribution in [1.29, 1.82) is 0 Å². The Bertz CT molecular complexity index is 839. The van der Waals surface area contributed by atoms with E-state index in [-0.39, 0.29) is 0 Å². The van der Waals surface area contributed by atoms with E-state index in [0.29, 0.717) is 31.6 Å². The van der Waals surface area contributed by atoms with Crippen LogP contribution in [-0.2, 0) is 11.3 Å². The quantitative estimate of drug-likeness (QED) is 0.700. The SMILES string of the molecule is c1ccc(COc2cc(-c3cncnc3)nc(N3CCOCC3)n2)cc1. The van der Waals surface area contributed by atoms with Gasteiger partial charge in [-0.15, -0.1) is 0 Å². The van der Waals surface area contributed by atoms with E-state index in [0.717, 1.165) is 29.9 Å². The molecule has 0 spiro atoms. The average molecular weight is 349 g/mol. The minimum Gasteiger partial charge on any atom is -0.473 e. The Kier molecular flexibility index (Phi) is 4.97. The van der Waals surface area contributed by atoms with Crippen LogP contribution in [0, 0.1) is 0 Å². The molecule has 26 heavy (non-hydrogen) atoms. The van der Waals surface area contributed by atoms with E-state index in [1.165, 1.54) is 6.33 Å². The average Bonchev–Trinajstić information content (AvgIpc) is 2.74. The summed E-state index contributed by atoms with van der Waals surface area (Å²) in [6.07, 6.45) is 4.97. The van der Waals surface area contributed by atoms with Crippen LogP contribution in [0.2, 0.25) is 0 Å². The van der Waals surface area contributed by atoms with E-state index in [4.69, 9.17) is 9.47 Å². The molecule has 1 aliphatic rings. The smallest absolute Gasteiger partial charge is 0.229 e. The van der Waals surface area contributed by atoms with Crippen LogP contribution in [0.15, 0.2) is 55.1 Å². The van der Waals surface area contributed by atoms with Gasteiger partial charge in [0, 0.05) is 37.1 Å². The van der Waals surface area contributed by atoms with E-state index in [1.807, 2.05) is 36.4 Å². The summed E-state index contributed by atoms with van der Waals surface area (Å²) in [6.45, 7) is 3.30. The summed E-state index contributed by atoms with van der Waals surface area (Å²) < 4.78 is 11.4. The predicted octanol–water partition coefficient (Wildman–Crippen LogP) is 2.35. The van der Waals surface area contributed by atoms with Crippen molar-refractivity contribution in [1.82, 2.24) is 19.9 Å². The maximum Gasteiger partial charge on any atom is 0.229 e. The topological polar surface area (TPSA) is 73.3 Å². The van der Waals surface area contributed by atoms with Crippen molar-refractivity contribution in [3.63, 3.8) is 0 Å². The first-order valence-corrected chi connectivity index (χ1v) is 8.52. The summed E-state index contributed by atoms with van der Waals surface area (Å²) in [7, 11) is 0. The summed E-state index contributed by atoms with van der Waals surface area (Å²) in [5.41, 5.74) is 2.66. The fourth-order valence-electron chi connectivity index (χ4n) is 2.70. The molecule has 0 amide bonds. The molecule has 0 saturated carbocycles. The minimum atomic E-state index is 0.450. The molecular formula is C19H19N5O2. The van der Waals surface area contributed by atoms with E-state index in [1.54, 1.807) is 12.4 Å². The monoisotopic (exact) mass is 349 g/mol. The third-order valence-corrected chi connectivity index (χ3v) is 4.07. The molecule has 0 N–H and O–H groups in total. The Balaban J connectivity index is 1.63. The zero-order chi connectivity index (χ0) is 17.6. The molecule has 0 bridgehead atoms. The van der Waals surface area contributed by atoms with Gasteiger partial charge in [-0.2, -0.15) is 4.98 Å². The molecule has 7 heteroatoms. The number of hydrogen-bond acceptors (Lipinski definition) is 7. The molecule has 7 nitrogen and oxygen atoms in total. The van der Waals surface area contributed by atoms with Crippen molar-refractivity contribution in [3.8, 4) is 17.1 Å². The Morgan fingerprint density at radius 1 is 1.00 bits per heavy atom.